The molecular formula is C15H21F2N3O2. The number of halogens is 2. The number of hydrogen-bond donors (Lipinski definition) is 2. The Hall–Kier alpha value is -1.60. The Morgan fingerprint density at radius 1 is 1.45 bits per heavy atom. The van der Waals surface area contributed by atoms with E-state index in [-0.39, 0.29) is 18.5 Å². The molecule has 1 amide bonds. The number of piperidine rings is 1. The fourth-order valence-electron chi connectivity index (χ4n) is 2.39. The van der Waals surface area contributed by atoms with Crippen molar-refractivity contribution in [1.82, 2.24) is 15.2 Å². The van der Waals surface area contributed by atoms with Crippen LogP contribution in [0.1, 0.15) is 30.1 Å². The molecule has 1 fully saturated rings. The second-order valence-corrected chi connectivity index (χ2v) is 5.84. The number of amides is 1. The zero-order valence-corrected chi connectivity index (χ0v) is 12.5. The summed E-state index contributed by atoms with van der Waals surface area (Å²) in [6.45, 7) is 2.09. The van der Waals surface area contributed by atoms with Crippen LogP contribution in [0.5, 0.6) is 0 Å². The van der Waals surface area contributed by atoms with Crippen LogP contribution >= 0.6 is 0 Å². The zero-order chi connectivity index (χ0) is 16.2. The van der Waals surface area contributed by atoms with Gasteiger partial charge in [-0.15, -0.1) is 0 Å². The molecule has 0 aliphatic carbocycles. The van der Waals surface area contributed by atoms with Gasteiger partial charge in [-0.3, -0.25) is 9.78 Å². The molecule has 1 atom stereocenters. The zero-order valence-electron chi connectivity index (χ0n) is 12.5. The highest BCUT2D eigenvalue weighted by Gasteiger charge is 2.33. The summed E-state index contributed by atoms with van der Waals surface area (Å²) in [6.07, 6.45) is 1.72. The number of likely N-dealkylation sites (tertiary alicyclic amines) is 1. The number of pyridine rings is 1. The molecule has 0 saturated carbocycles. The van der Waals surface area contributed by atoms with Gasteiger partial charge in [0.05, 0.1) is 0 Å². The summed E-state index contributed by atoms with van der Waals surface area (Å²) in [5.74, 6) is -0.0413. The number of carbonyl (C=O) groups excluding carboxylic acids is 1. The standard InChI is InChI=1S/C15H21F2N3O2/c1-15(22,14(16)17)10-19-12-4-8-20(9-5-12)13(21)11-2-6-18-7-3-11/h2-3,6-7,12,14,19,22H,4-5,8-10H2,1H3. The Morgan fingerprint density at radius 3 is 2.59 bits per heavy atom. The summed E-state index contributed by atoms with van der Waals surface area (Å²) in [5.41, 5.74) is -1.42. The number of hydrogen-bond acceptors (Lipinski definition) is 4. The first-order valence-corrected chi connectivity index (χ1v) is 7.33. The van der Waals surface area contributed by atoms with Crippen LogP contribution in [0, 0.1) is 0 Å². The Bertz CT molecular complexity index is 489. The van der Waals surface area contributed by atoms with Gasteiger partial charge < -0.3 is 15.3 Å². The lowest BCUT2D eigenvalue weighted by Gasteiger charge is -2.34. The quantitative estimate of drug-likeness (QED) is 0.860. The smallest absolute Gasteiger partial charge is 0.267 e. The van der Waals surface area contributed by atoms with E-state index in [1.54, 1.807) is 29.4 Å². The molecular weight excluding hydrogens is 292 g/mol. The van der Waals surface area contributed by atoms with Crippen molar-refractivity contribution in [2.45, 2.75) is 37.8 Å². The van der Waals surface area contributed by atoms with Gasteiger partial charge in [0.1, 0.15) is 5.60 Å². The summed E-state index contributed by atoms with van der Waals surface area (Å²) >= 11 is 0. The SMILES string of the molecule is CC(O)(CNC1CCN(C(=O)c2ccncc2)CC1)C(F)F. The van der Waals surface area contributed by atoms with Crippen LogP contribution in [0.4, 0.5) is 8.78 Å². The maximum absolute atomic E-state index is 12.6. The molecule has 1 unspecified atom stereocenters. The third-order valence-corrected chi connectivity index (χ3v) is 3.93. The highest BCUT2D eigenvalue weighted by Crippen LogP contribution is 2.17. The summed E-state index contributed by atoms with van der Waals surface area (Å²) in [4.78, 5) is 17.9. The second kappa shape index (κ2) is 7.11. The van der Waals surface area contributed by atoms with E-state index in [0.29, 0.717) is 31.5 Å². The van der Waals surface area contributed by atoms with Crippen LogP contribution in [-0.2, 0) is 0 Å². The fraction of sp³-hybridized carbons (Fsp3) is 0.600. The Kier molecular flexibility index (Phi) is 5.42. The van der Waals surface area contributed by atoms with E-state index in [0.717, 1.165) is 6.92 Å². The van der Waals surface area contributed by atoms with Crippen LogP contribution in [-0.4, -0.2) is 58.6 Å². The van der Waals surface area contributed by atoms with Crippen LogP contribution in [0.3, 0.4) is 0 Å². The summed E-state index contributed by atoms with van der Waals surface area (Å²) in [6, 6.07) is 3.38. The molecule has 1 aliphatic rings. The molecule has 2 N–H and O–H groups in total. The Balaban J connectivity index is 1.80. The molecule has 22 heavy (non-hydrogen) atoms. The topological polar surface area (TPSA) is 65.5 Å². The average Bonchev–Trinajstić information content (AvgIpc) is 2.53. The van der Waals surface area contributed by atoms with Gasteiger partial charge in [-0.1, -0.05) is 0 Å². The molecule has 2 rings (SSSR count). The lowest BCUT2D eigenvalue weighted by Crippen LogP contribution is -2.50. The highest BCUT2D eigenvalue weighted by molar-refractivity contribution is 5.94. The maximum Gasteiger partial charge on any atom is 0.267 e. The van der Waals surface area contributed by atoms with Crippen molar-refractivity contribution < 1.29 is 18.7 Å². The van der Waals surface area contributed by atoms with Crippen LogP contribution in [0.15, 0.2) is 24.5 Å². The van der Waals surface area contributed by atoms with Gasteiger partial charge >= 0.3 is 0 Å². The lowest BCUT2D eigenvalue weighted by atomic mass is 10.0. The van der Waals surface area contributed by atoms with Crippen molar-refractivity contribution in [3.8, 4) is 0 Å². The monoisotopic (exact) mass is 313 g/mol. The minimum Gasteiger partial charge on any atom is -0.383 e. The van der Waals surface area contributed by atoms with E-state index >= 15 is 0 Å². The minimum absolute atomic E-state index is 0.0340. The van der Waals surface area contributed by atoms with E-state index in [4.69, 9.17) is 0 Å². The average molecular weight is 313 g/mol. The van der Waals surface area contributed by atoms with Crippen LogP contribution < -0.4 is 5.32 Å². The number of carbonyl (C=O) groups is 1. The van der Waals surface area contributed by atoms with Crippen LogP contribution in [0.25, 0.3) is 0 Å². The fourth-order valence-corrected chi connectivity index (χ4v) is 2.39. The number of aromatic nitrogens is 1. The second-order valence-electron chi connectivity index (χ2n) is 5.84. The van der Waals surface area contributed by atoms with Gasteiger partial charge in [0.15, 0.2) is 0 Å². The largest absolute Gasteiger partial charge is 0.383 e. The van der Waals surface area contributed by atoms with E-state index in [9.17, 15) is 18.7 Å². The molecule has 1 aliphatic heterocycles. The lowest BCUT2D eigenvalue weighted by molar-refractivity contribution is -0.0825. The molecule has 122 valence electrons. The van der Waals surface area contributed by atoms with Gasteiger partial charge in [0, 0.05) is 43.6 Å². The van der Waals surface area contributed by atoms with E-state index in [2.05, 4.69) is 10.3 Å². The number of alkyl halides is 2. The molecule has 0 aromatic carbocycles. The third-order valence-electron chi connectivity index (χ3n) is 3.93. The van der Waals surface area contributed by atoms with Gasteiger partial charge in [0.2, 0.25) is 0 Å². The summed E-state index contributed by atoms with van der Waals surface area (Å²) in [5, 5.41) is 12.5. The van der Waals surface area contributed by atoms with E-state index in [1.165, 1.54) is 0 Å². The van der Waals surface area contributed by atoms with Gasteiger partial charge in [-0.05, 0) is 31.9 Å². The van der Waals surface area contributed by atoms with Crippen molar-refractivity contribution in [3.63, 3.8) is 0 Å². The van der Waals surface area contributed by atoms with Gasteiger partial charge in [-0.2, -0.15) is 0 Å². The first-order chi connectivity index (χ1) is 10.4. The van der Waals surface area contributed by atoms with Crippen LogP contribution in [0.2, 0.25) is 0 Å². The number of aliphatic hydroxyl groups is 1. The molecule has 2 heterocycles. The van der Waals surface area contributed by atoms with Crippen molar-refractivity contribution in [3.05, 3.63) is 30.1 Å². The highest BCUT2D eigenvalue weighted by atomic mass is 19.3. The molecule has 0 bridgehead atoms. The molecule has 0 radical (unpaired) electrons. The van der Waals surface area contributed by atoms with E-state index < -0.39 is 12.0 Å². The molecule has 1 saturated heterocycles. The molecule has 0 spiro atoms. The molecule has 1 aromatic rings. The Labute approximate surface area is 128 Å². The van der Waals surface area contributed by atoms with Crippen molar-refractivity contribution in [2.24, 2.45) is 0 Å². The first-order valence-electron chi connectivity index (χ1n) is 7.33. The third kappa shape index (κ3) is 4.20. The summed E-state index contributed by atoms with van der Waals surface area (Å²) < 4.78 is 25.1. The molecule has 5 nitrogen and oxygen atoms in total. The van der Waals surface area contributed by atoms with Gasteiger partial charge in [-0.25, -0.2) is 8.78 Å². The molecule has 7 heteroatoms. The first kappa shape index (κ1) is 16.8. The van der Waals surface area contributed by atoms with Crippen molar-refractivity contribution >= 4 is 5.91 Å². The van der Waals surface area contributed by atoms with Crippen molar-refractivity contribution in [2.75, 3.05) is 19.6 Å². The normalized spacial score (nSPS) is 19.2. The minimum atomic E-state index is -2.78. The van der Waals surface area contributed by atoms with E-state index in [1.807, 2.05) is 0 Å². The Morgan fingerprint density at radius 2 is 2.05 bits per heavy atom. The predicted molar refractivity (Wildman–Crippen MR) is 77.8 cm³/mol. The summed E-state index contributed by atoms with van der Waals surface area (Å²) in [7, 11) is 0. The number of nitrogens with one attached hydrogen (secondary N) is 1. The maximum atomic E-state index is 12.6. The number of nitrogens with zero attached hydrogens (tertiary/aromatic N) is 2. The van der Waals surface area contributed by atoms with Crippen molar-refractivity contribution in [1.29, 1.82) is 0 Å². The molecule has 1 aromatic heterocycles. The predicted octanol–water partition coefficient (Wildman–Crippen LogP) is 1.29. The van der Waals surface area contributed by atoms with Gasteiger partial charge in [0.25, 0.3) is 12.3 Å². The number of rotatable bonds is 5.